The van der Waals surface area contributed by atoms with Crippen molar-refractivity contribution in [3.63, 3.8) is 0 Å². The van der Waals surface area contributed by atoms with Gasteiger partial charge in [-0.25, -0.2) is 0 Å². The lowest BCUT2D eigenvalue weighted by Gasteiger charge is -2.27. The fraction of sp³-hybridized carbons (Fsp3) is 0.00917. The standard InChI is InChI=1S/C54H36N2.C33H22.C22H16BrN/c1-3-17-38(18-4-1)53-45-24-9-11-26-47(45)54(48-27-12-10-25-46(48)53)39-30-35-52-49(36-39)44-23-13-14-28-51(44)56(52)42-33-31-41(32-34-42)55(40-20-5-2-6-21-40)50-29-15-19-37-16-7-8-22-43(37)50;1-2-10-22(11-3-1)32-27-14-6-8-16-29(27)33(30-17-9-7-15-28(30)32)25-19-18-24-20-23-12-4-5-13-26(23)31(24)21-25;23-18-13-15-20(16-14-18)24(19-9-2-1-3-10-19)22-12-6-8-17-7-4-5-11-21(17)22/h1-36H;1-19,21H,20H2;1-16H. The van der Waals surface area contributed by atoms with E-state index in [4.69, 9.17) is 0 Å². The van der Waals surface area contributed by atoms with Crippen molar-refractivity contribution in [1.82, 2.24) is 4.57 Å². The SMILES string of the molecule is Brc1ccc(N(c2ccccc2)c2cccc3ccccc23)cc1.c1ccc(-c2c3ccccc3c(-c3ccc4c(c3)-c3ccccc3C4)c3ccccc23)cc1.c1ccc(-c2c3ccccc3c(-c3ccc4c(c3)c3ccccc3n4-c3ccc(N(c4ccccc4)c4cccc5ccccc45)cc3)c3ccccc23)cc1. The Morgan fingerprint density at radius 3 is 1.03 bits per heavy atom. The molecule has 0 aliphatic heterocycles. The molecule has 20 aromatic carbocycles. The molecule has 1 aliphatic carbocycles. The predicted molar refractivity (Wildman–Crippen MR) is 486 cm³/mol. The summed E-state index contributed by atoms with van der Waals surface area (Å²) in [6.45, 7) is 0. The van der Waals surface area contributed by atoms with Gasteiger partial charge in [-0.05, 0) is 236 Å². The van der Waals surface area contributed by atoms with E-state index in [1.165, 1.54) is 159 Å². The molecule has 0 N–H and O–H groups in total. The van der Waals surface area contributed by atoms with E-state index in [0.29, 0.717) is 0 Å². The fourth-order valence-corrected chi connectivity index (χ4v) is 17.8. The Bertz CT molecular complexity index is 7010. The average molecular weight is 1510 g/mol. The normalized spacial score (nSPS) is 11.5. The van der Waals surface area contributed by atoms with Crippen LogP contribution in [0.1, 0.15) is 11.1 Å². The lowest BCUT2D eigenvalue weighted by molar-refractivity contribution is 1.17. The van der Waals surface area contributed by atoms with Gasteiger partial charge in [0.15, 0.2) is 0 Å². The van der Waals surface area contributed by atoms with Gasteiger partial charge in [0.05, 0.1) is 22.4 Å². The van der Waals surface area contributed by atoms with Crippen LogP contribution in [0.2, 0.25) is 0 Å². The van der Waals surface area contributed by atoms with Crippen molar-refractivity contribution < 1.29 is 0 Å². The minimum atomic E-state index is 1.03. The Kier molecular flexibility index (Phi) is 17.9. The number of halogens is 1. The highest BCUT2D eigenvalue weighted by Gasteiger charge is 2.25. The Morgan fingerprint density at radius 2 is 0.549 bits per heavy atom. The summed E-state index contributed by atoms with van der Waals surface area (Å²) < 4.78 is 3.50. The first-order chi connectivity index (χ1) is 56.0. The van der Waals surface area contributed by atoms with Crippen molar-refractivity contribution in [2.45, 2.75) is 6.42 Å². The maximum absolute atomic E-state index is 3.53. The zero-order valence-corrected chi connectivity index (χ0v) is 63.6. The van der Waals surface area contributed by atoms with Crippen LogP contribution in [0.25, 0.3) is 148 Å². The Balaban J connectivity index is 0.000000122. The van der Waals surface area contributed by atoms with Gasteiger partial charge in [0, 0.05) is 54.5 Å². The number of para-hydroxylation sites is 3. The number of aromatic nitrogens is 1. The van der Waals surface area contributed by atoms with E-state index in [1.807, 2.05) is 6.07 Å². The van der Waals surface area contributed by atoms with Crippen molar-refractivity contribution >= 4 is 136 Å². The van der Waals surface area contributed by atoms with Crippen molar-refractivity contribution in [2.24, 2.45) is 0 Å². The van der Waals surface area contributed by atoms with Crippen molar-refractivity contribution in [3.8, 4) is 61.3 Å². The summed E-state index contributed by atoms with van der Waals surface area (Å²) in [5.41, 5.74) is 26.2. The van der Waals surface area contributed by atoms with E-state index in [0.717, 1.165) is 45.0 Å². The molecule has 0 amide bonds. The van der Waals surface area contributed by atoms with Crippen LogP contribution in [0.4, 0.5) is 34.1 Å². The number of benzene rings is 20. The molecule has 1 aliphatic rings. The van der Waals surface area contributed by atoms with Crippen molar-refractivity contribution in [1.29, 1.82) is 0 Å². The van der Waals surface area contributed by atoms with Gasteiger partial charge in [-0.3, -0.25) is 0 Å². The average Bonchev–Trinajstić information content (AvgIpc) is 1.72. The van der Waals surface area contributed by atoms with E-state index < -0.39 is 0 Å². The Labute approximate surface area is 666 Å². The summed E-state index contributed by atoms with van der Waals surface area (Å²) in [6.07, 6.45) is 1.03. The van der Waals surface area contributed by atoms with E-state index in [2.05, 4.69) is 461 Å². The number of hydrogen-bond acceptors (Lipinski definition) is 2. The van der Waals surface area contributed by atoms with Gasteiger partial charge in [-0.2, -0.15) is 0 Å². The third-order valence-corrected chi connectivity index (χ3v) is 23.1. The van der Waals surface area contributed by atoms with Crippen LogP contribution in [0.5, 0.6) is 0 Å². The summed E-state index contributed by atoms with van der Waals surface area (Å²) in [5, 5.41) is 17.7. The summed E-state index contributed by atoms with van der Waals surface area (Å²) in [4.78, 5) is 4.66. The van der Waals surface area contributed by atoms with Gasteiger partial charge in [0.2, 0.25) is 0 Å². The molecule has 21 aromatic rings. The van der Waals surface area contributed by atoms with Crippen LogP contribution in [0.15, 0.2) is 441 Å². The first kappa shape index (κ1) is 68.1. The quantitative estimate of drug-likeness (QED) is 0.120. The molecule has 0 radical (unpaired) electrons. The summed E-state index contributed by atoms with van der Waals surface area (Å²) in [6, 6.07) is 158. The minimum absolute atomic E-state index is 1.03. The minimum Gasteiger partial charge on any atom is -0.310 e. The first-order valence-corrected chi connectivity index (χ1v) is 39.6. The van der Waals surface area contributed by atoms with Gasteiger partial charge < -0.3 is 14.4 Å². The predicted octanol–water partition coefficient (Wildman–Crippen LogP) is 31.0. The molecular formula is C109H74BrN3. The van der Waals surface area contributed by atoms with Gasteiger partial charge in [-0.1, -0.05) is 344 Å². The van der Waals surface area contributed by atoms with Crippen LogP contribution in [0, 0.1) is 0 Å². The highest BCUT2D eigenvalue weighted by atomic mass is 79.9. The number of rotatable bonds is 11. The number of anilines is 6. The molecule has 0 unspecified atom stereocenters. The molecule has 113 heavy (non-hydrogen) atoms. The summed E-state index contributed by atoms with van der Waals surface area (Å²) in [7, 11) is 0. The van der Waals surface area contributed by atoms with E-state index in [1.54, 1.807) is 0 Å². The third-order valence-electron chi connectivity index (χ3n) is 22.5. The Hall–Kier alpha value is -14.2. The van der Waals surface area contributed by atoms with Gasteiger partial charge in [0.1, 0.15) is 0 Å². The van der Waals surface area contributed by atoms with Crippen LogP contribution < -0.4 is 9.80 Å². The first-order valence-electron chi connectivity index (χ1n) is 38.8. The second kappa shape index (κ2) is 29.7. The fourth-order valence-electron chi connectivity index (χ4n) is 17.6. The number of nitrogens with zero attached hydrogens (tertiary/aromatic N) is 3. The topological polar surface area (TPSA) is 11.4 Å². The van der Waals surface area contributed by atoms with E-state index in [-0.39, 0.29) is 0 Å². The summed E-state index contributed by atoms with van der Waals surface area (Å²) >= 11 is 3.53. The molecule has 0 atom stereocenters. The third kappa shape index (κ3) is 12.5. The molecule has 1 heterocycles. The van der Waals surface area contributed by atoms with E-state index in [9.17, 15) is 0 Å². The molecule has 0 saturated carbocycles. The van der Waals surface area contributed by atoms with Gasteiger partial charge >= 0.3 is 0 Å². The van der Waals surface area contributed by atoms with E-state index >= 15 is 0 Å². The molecule has 532 valence electrons. The van der Waals surface area contributed by atoms with Crippen LogP contribution in [-0.2, 0) is 6.42 Å². The highest BCUT2D eigenvalue weighted by Crippen LogP contribution is 2.50. The summed E-state index contributed by atoms with van der Waals surface area (Å²) in [5.74, 6) is 0. The maximum atomic E-state index is 3.53. The second-order valence-corrected chi connectivity index (χ2v) is 30.0. The number of hydrogen-bond donors (Lipinski definition) is 0. The zero-order chi connectivity index (χ0) is 75.1. The van der Waals surface area contributed by atoms with Gasteiger partial charge in [-0.15, -0.1) is 0 Å². The van der Waals surface area contributed by atoms with Crippen molar-refractivity contribution in [2.75, 3.05) is 9.80 Å². The molecule has 0 bridgehead atoms. The van der Waals surface area contributed by atoms with Crippen LogP contribution in [0.3, 0.4) is 0 Å². The molecule has 4 heteroatoms. The van der Waals surface area contributed by atoms with Crippen LogP contribution >= 0.6 is 15.9 Å². The lowest BCUT2D eigenvalue weighted by Crippen LogP contribution is -2.10. The molecule has 22 rings (SSSR count). The zero-order valence-electron chi connectivity index (χ0n) is 62.0. The highest BCUT2D eigenvalue weighted by molar-refractivity contribution is 9.10. The lowest BCUT2D eigenvalue weighted by atomic mass is 9.85. The second-order valence-electron chi connectivity index (χ2n) is 29.0. The smallest absolute Gasteiger partial charge is 0.0541 e. The molecule has 1 aromatic heterocycles. The molecule has 0 spiro atoms. The largest absolute Gasteiger partial charge is 0.310 e. The Morgan fingerprint density at radius 1 is 0.212 bits per heavy atom. The molecule has 3 nitrogen and oxygen atoms in total. The molecule has 0 fully saturated rings. The monoisotopic (exact) mass is 1500 g/mol. The van der Waals surface area contributed by atoms with Crippen molar-refractivity contribution in [3.05, 3.63) is 452 Å². The number of fused-ring (bicyclic) bond motifs is 12. The van der Waals surface area contributed by atoms with Gasteiger partial charge in [0.25, 0.3) is 0 Å². The molecular weight excluding hydrogens is 1430 g/mol. The maximum Gasteiger partial charge on any atom is 0.0541 e. The molecule has 0 saturated heterocycles. The van der Waals surface area contributed by atoms with Crippen LogP contribution in [-0.4, -0.2) is 4.57 Å².